The Bertz CT molecular complexity index is 939. The Balaban J connectivity index is 1.63. The topological polar surface area (TPSA) is 48.0 Å². The number of fused-ring (bicyclic) bond motifs is 1. The van der Waals surface area contributed by atoms with E-state index in [1.165, 1.54) is 0 Å². The van der Waals surface area contributed by atoms with E-state index < -0.39 is 0 Å². The van der Waals surface area contributed by atoms with Gasteiger partial charge in [-0.2, -0.15) is 0 Å². The lowest BCUT2D eigenvalue weighted by molar-refractivity contribution is 0.0730. The first-order chi connectivity index (χ1) is 13.2. The van der Waals surface area contributed by atoms with Crippen LogP contribution in [-0.4, -0.2) is 24.7 Å². The van der Waals surface area contributed by atoms with E-state index in [0.717, 1.165) is 16.2 Å². The molecule has 4 rings (SSSR count). The number of thiophene rings is 1. The highest BCUT2D eigenvalue weighted by molar-refractivity contribution is 7.09. The van der Waals surface area contributed by atoms with Gasteiger partial charge in [0.15, 0.2) is 11.5 Å². The van der Waals surface area contributed by atoms with Crippen LogP contribution < -0.4 is 14.2 Å². The lowest BCUT2D eigenvalue weighted by Crippen LogP contribution is -2.30. The highest BCUT2D eigenvalue weighted by Crippen LogP contribution is 2.33. The zero-order chi connectivity index (χ0) is 18.6. The minimum atomic E-state index is -0.0624. The molecule has 1 aliphatic heterocycles. The van der Waals surface area contributed by atoms with Crippen molar-refractivity contribution in [2.75, 3.05) is 13.9 Å². The number of ether oxygens (including phenoxy) is 3. The SMILES string of the molecule is COc1ccccc1CN(Cc1cccs1)C(=O)c1ccc2c(c1)OCO2. The summed E-state index contributed by atoms with van der Waals surface area (Å²) in [6, 6.07) is 17.1. The summed E-state index contributed by atoms with van der Waals surface area (Å²) in [6.45, 7) is 1.17. The van der Waals surface area contributed by atoms with Gasteiger partial charge in [0.2, 0.25) is 6.79 Å². The number of carbonyl (C=O) groups is 1. The molecule has 0 saturated carbocycles. The number of carbonyl (C=O) groups excluding carboxylic acids is 1. The summed E-state index contributed by atoms with van der Waals surface area (Å²) in [7, 11) is 1.64. The van der Waals surface area contributed by atoms with E-state index in [2.05, 4.69) is 0 Å². The molecule has 1 aliphatic rings. The van der Waals surface area contributed by atoms with Crippen molar-refractivity contribution in [2.24, 2.45) is 0 Å². The fourth-order valence-electron chi connectivity index (χ4n) is 3.04. The zero-order valence-electron chi connectivity index (χ0n) is 14.9. The maximum Gasteiger partial charge on any atom is 0.254 e. The second-order valence-corrected chi connectivity index (χ2v) is 7.15. The third-order valence-electron chi connectivity index (χ3n) is 4.39. The molecule has 0 unspecified atom stereocenters. The predicted octanol–water partition coefficient (Wildman–Crippen LogP) is 4.33. The molecule has 1 amide bonds. The lowest BCUT2D eigenvalue weighted by Gasteiger charge is -2.23. The van der Waals surface area contributed by atoms with Crippen molar-refractivity contribution in [3.05, 3.63) is 76.0 Å². The summed E-state index contributed by atoms with van der Waals surface area (Å²) in [5.74, 6) is 1.98. The number of amides is 1. The van der Waals surface area contributed by atoms with Gasteiger partial charge in [0, 0.05) is 16.0 Å². The second-order valence-electron chi connectivity index (χ2n) is 6.12. The Morgan fingerprint density at radius 2 is 1.93 bits per heavy atom. The van der Waals surface area contributed by atoms with Crippen molar-refractivity contribution in [1.82, 2.24) is 4.90 Å². The van der Waals surface area contributed by atoms with Gasteiger partial charge in [-0.05, 0) is 35.7 Å². The molecule has 0 radical (unpaired) electrons. The first kappa shape index (κ1) is 17.4. The molecule has 5 nitrogen and oxygen atoms in total. The van der Waals surface area contributed by atoms with Gasteiger partial charge in [0.05, 0.1) is 20.2 Å². The van der Waals surface area contributed by atoms with Crippen LogP contribution in [0.1, 0.15) is 20.8 Å². The summed E-state index contributed by atoms with van der Waals surface area (Å²) in [5.41, 5.74) is 1.54. The van der Waals surface area contributed by atoms with E-state index in [4.69, 9.17) is 14.2 Å². The minimum absolute atomic E-state index is 0.0624. The Labute approximate surface area is 161 Å². The van der Waals surface area contributed by atoms with Crippen molar-refractivity contribution in [3.63, 3.8) is 0 Å². The number of methoxy groups -OCH3 is 1. The molecule has 6 heteroatoms. The van der Waals surface area contributed by atoms with Crippen LogP contribution in [0.3, 0.4) is 0 Å². The third-order valence-corrected chi connectivity index (χ3v) is 5.25. The maximum atomic E-state index is 13.3. The fraction of sp³-hybridized carbons (Fsp3) is 0.190. The van der Waals surface area contributed by atoms with Gasteiger partial charge < -0.3 is 19.1 Å². The van der Waals surface area contributed by atoms with Gasteiger partial charge in [-0.1, -0.05) is 24.3 Å². The van der Waals surface area contributed by atoms with Crippen LogP contribution in [0.25, 0.3) is 0 Å². The van der Waals surface area contributed by atoms with Crippen molar-refractivity contribution < 1.29 is 19.0 Å². The van der Waals surface area contributed by atoms with Crippen LogP contribution in [0.5, 0.6) is 17.2 Å². The number of para-hydroxylation sites is 1. The van der Waals surface area contributed by atoms with E-state index in [1.54, 1.807) is 36.6 Å². The van der Waals surface area contributed by atoms with Crippen LogP contribution in [0, 0.1) is 0 Å². The molecular formula is C21H19NO4S. The quantitative estimate of drug-likeness (QED) is 0.638. The second kappa shape index (κ2) is 7.72. The molecule has 0 aliphatic carbocycles. The highest BCUT2D eigenvalue weighted by atomic mass is 32.1. The summed E-state index contributed by atoms with van der Waals surface area (Å²) in [5, 5.41) is 2.02. The number of rotatable bonds is 6. The molecule has 2 heterocycles. The molecule has 0 N–H and O–H groups in total. The van der Waals surface area contributed by atoms with Crippen molar-refractivity contribution in [3.8, 4) is 17.2 Å². The molecule has 0 bridgehead atoms. The number of hydrogen-bond acceptors (Lipinski definition) is 5. The standard InChI is InChI=1S/C21H19NO4S/c1-24-18-7-3-2-5-16(18)12-22(13-17-6-4-10-27-17)21(23)15-8-9-19-20(11-15)26-14-25-19/h2-11H,12-14H2,1H3. The monoisotopic (exact) mass is 381 g/mol. The van der Waals surface area contributed by atoms with E-state index in [0.29, 0.717) is 30.2 Å². The number of nitrogens with zero attached hydrogens (tertiary/aromatic N) is 1. The van der Waals surface area contributed by atoms with Crippen LogP contribution in [0.15, 0.2) is 60.0 Å². The first-order valence-electron chi connectivity index (χ1n) is 8.58. The maximum absolute atomic E-state index is 13.3. The van der Waals surface area contributed by atoms with Crippen molar-refractivity contribution in [1.29, 1.82) is 0 Å². The van der Waals surface area contributed by atoms with Crippen molar-refractivity contribution >= 4 is 17.2 Å². The lowest BCUT2D eigenvalue weighted by atomic mass is 10.1. The first-order valence-corrected chi connectivity index (χ1v) is 9.46. The molecule has 0 saturated heterocycles. The van der Waals surface area contributed by atoms with Crippen molar-refractivity contribution in [2.45, 2.75) is 13.1 Å². The molecule has 0 fully saturated rings. The Morgan fingerprint density at radius 1 is 1.07 bits per heavy atom. The van der Waals surface area contributed by atoms with Gasteiger partial charge in [0.25, 0.3) is 5.91 Å². The Hall–Kier alpha value is -2.99. The zero-order valence-corrected chi connectivity index (χ0v) is 15.7. The molecule has 27 heavy (non-hydrogen) atoms. The largest absolute Gasteiger partial charge is 0.496 e. The molecule has 0 spiro atoms. The Kier molecular flexibility index (Phi) is 4.98. The van der Waals surface area contributed by atoms with Crippen LogP contribution in [-0.2, 0) is 13.1 Å². The Morgan fingerprint density at radius 3 is 2.74 bits per heavy atom. The van der Waals surface area contributed by atoms with Gasteiger partial charge in [-0.15, -0.1) is 11.3 Å². The molecular weight excluding hydrogens is 362 g/mol. The minimum Gasteiger partial charge on any atom is -0.496 e. The predicted molar refractivity (Wildman–Crippen MR) is 103 cm³/mol. The van der Waals surface area contributed by atoms with E-state index >= 15 is 0 Å². The molecule has 138 valence electrons. The summed E-state index contributed by atoms with van der Waals surface area (Å²) in [6.07, 6.45) is 0. The smallest absolute Gasteiger partial charge is 0.254 e. The van der Waals surface area contributed by atoms with Crippen LogP contribution in [0.2, 0.25) is 0 Å². The van der Waals surface area contributed by atoms with Gasteiger partial charge in [-0.25, -0.2) is 0 Å². The summed E-state index contributed by atoms with van der Waals surface area (Å²) in [4.78, 5) is 16.2. The van der Waals surface area contributed by atoms with E-state index in [-0.39, 0.29) is 12.7 Å². The molecule has 2 aromatic carbocycles. The summed E-state index contributed by atoms with van der Waals surface area (Å²) < 4.78 is 16.2. The molecule has 0 atom stereocenters. The normalized spacial score (nSPS) is 12.0. The van der Waals surface area contributed by atoms with Crippen LogP contribution in [0.4, 0.5) is 0 Å². The summed E-state index contributed by atoms with van der Waals surface area (Å²) >= 11 is 1.63. The van der Waals surface area contributed by atoms with E-state index in [9.17, 15) is 4.79 Å². The van der Waals surface area contributed by atoms with Gasteiger partial charge >= 0.3 is 0 Å². The number of benzene rings is 2. The van der Waals surface area contributed by atoms with Gasteiger partial charge in [0.1, 0.15) is 5.75 Å². The molecule has 1 aromatic heterocycles. The van der Waals surface area contributed by atoms with E-state index in [1.807, 2.05) is 46.7 Å². The number of hydrogen-bond donors (Lipinski definition) is 0. The fourth-order valence-corrected chi connectivity index (χ4v) is 3.76. The van der Waals surface area contributed by atoms with Crippen LogP contribution >= 0.6 is 11.3 Å². The average molecular weight is 381 g/mol. The highest BCUT2D eigenvalue weighted by Gasteiger charge is 2.22. The third kappa shape index (κ3) is 3.75. The average Bonchev–Trinajstić information content (AvgIpc) is 3.38. The molecule has 3 aromatic rings. The van der Waals surface area contributed by atoms with Gasteiger partial charge in [-0.3, -0.25) is 4.79 Å².